The molecule has 1 rings (SSSR count). The number of anilines is 2. The fourth-order valence-electron chi connectivity index (χ4n) is 1.54. The molecule has 1 aromatic carbocycles. The molecule has 0 fully saturated rings. The lowest BCUT2D eigenvalue weighted by Crippen LogP contribution is -2.24. The molecule has 1 atom stereocenters. The predicted octanol–water partition coefficient (Wildman–Crippen LogP) is 0.731. The zero-order valence-corrected chi connectivity index (χ0v) is 10.4. The van der Waals surface area contributed by atoms with E-state index in [4.69, 9.17) is 11.5 Å². The van der Waals surface area contributed by atoms with E-state index in [0.717, 1.165) is 0 Å². The van der Waals surface area contributed by atoms with Crippen LogP contribution in [0, 0.1) is 0 Å². The Bertz CT molecular complexity index is 460. The number of primary amides is 1. The Morgan fingerprint density at radius 1 is 1.44 bits per heavy atom. The van der Waals surface area contributed by atoms with Gasteiger partial charge in [0.15, 0.2) is 0 Å². The van der Waals surface area contributed by atoms with Crippen molar-refractivity contribution in [3.05, 3.63) is 23.8 Å². The maximum Gasteiger partial charge on any atom is 0.337 e. The molecule has 1 unspecified atom stereocenters. The summed E-state index contributed by atoms with van der Waals surface area (Å²) in [5.41, 5.74) is 12.3. The lowest BCUT2D eigenvalue weighted by Gasteiger charge is -2.16. The minimum atomic E-state index is -0.444. The number of carbonyl (C=O) groups is 2. The molecule has 0 aliphatic carbocycles. The van der Waals surface area contributed by atoms with Crippen molar-refractivity contribution in [3.63, 3.8) is 0 Å². The summed E-state index contributed by atoms with van der Waals surface area (Å²) in [6.07, 6.45) is 0.182. The number of hydrogen-bond acceptors (Lipinski definition) is 5. The van der Waals surface area contributed by atoms with Crippen LogP contribution in [0.25, 0.3) is 0 Å². The Labute approximate surface area is 105 Å². The highest BCUT2D eigenvalue weighted by atomic mass is 16.5. The van der Waals surface area contributed by atoms with Crippen molar-refractivity contribution < 1.29 is 14.3 Å². The van der Waals surface area contributed by atoms with E-state index < -0.39 is 11.9 Å². The average molecular weight is 251 g/mol. The molecule has 0 aliphatic heterocycles. The number of carbonyl (C=O) groups excluding carboxylic acids is 2. The van der Waals surface area contributed by atoms with Crippen molar-refractivity contribution >= 4 is 23.3 Å². The predicted molar refractivity (Wildman–Crippen MR) is 69.1 cm³/mol. The Morgan fingerprint density at radius 2 is 2.11 bits per heavy atom. The SMILES string of the molecule is COC(=O)c1ccc(N)c(NC(C)CC(N)=O)c1. The number of benzene rings is 1. The van der Waals surface area contributed by atoms with E-state index in [9.17, 15) is 9.59 Å². The number of nitrogens with two attached hydrogens (primary N) is 2. The summed E-state index contributed by atoms with van der Waals surface area (Å²) in [5, 5.41) is 3.03. The maximum absolute atomic E-state index is 11.4. The van der Waals surface area contributed by atoms with Crippen LogP contribution in [0.4, 0.5) is 11.4 Å². The van der Waals surface area contributed by atoms with Crippen LogP contribution in [0.5, 0.6) is 0 Å². The molecule has 0 aliphatic rings. The van der Waals surface area contributed by atoms with E-state index in [1.165, 1.54) is 7.11 Å². The molecule has 18 heavy (non-hydrogen) atoms. The first-order valence-corrected chi connectivity index (χ1v) is 5.46. The summed E-state index contributed by atoms with van der Waals surface area (Å²) in [7, 11) is 1.31. The first kappa shape index (κ1) is 13.8. The molecule has 1 aromatic rings. The van der Waals surface area contributed by atoms with Crippen molar-refractivity contribution in [2.45, 2.75) is 19.4 Å². The standard InChI is InChI=1S/C12H17N3O3/c1-7(5-11(14)16)15-10-6-8(12(17)18-2)3-4-9(10)13/h3-4,6-7,15H,5,13H2,1-2H3,(H2,14,16). The minimum Gasteiger partial charge on any atom is -0.465 e. The summed E-state index contributed by atoms with van der Waals surface area (Å²) < 4.78 is 4.62. The number of nitrogen functional groups attached to an aromatic ring is 1. The number of hydrogen-bond donors (Lipinski definition) is 3. The first-order valence-electron chi connectivity index (χ1n) is 5.46. The van der Waals surface area contributed by atoms with Gasteiger partial charge in [0.2, 0.25) is 5.91 Å². The summed E-state index contributed by atoms with van der Waals surface area (Å²) >= 11 is 0. The van der Waals surface area contributed by atoms with Gasteiger partial charge >= 0.3 is 5.97 Å². The molecule has 0 radical (unpaired) electrons. The van der Waals surface area contributed by atoms with Crippen LogP contribution >= 0.6 is 0 Å². The molecule has 0 bridgehead atoms. The van der Waals surface area contributed by atoms with Crippen LogP contribution in [-0.4, -0.2) is 25.0 Å². The summed E-state index contributed by atoms with van der Waals surface area (Å²) in [4.78, 5) is 22.2. The number of rotatable bonds is 5. The molecule has 6 nitrogen and oxygen atoms in total. The second kappa shape index (κ2) is 5.90. The molecule has 0 saturated carbocycles. The van der Waals surface area contributed by atoms with Gasteiger partial charge in [0.25, 0.3) is 0 Å². The van der Waals surface area contributed by atoms with Gasteiger partial charge in [-0.25, -0.2) is 4.79 Å². The highest BCUT2D eigenvalue weighted by molar-refractivity contribution is 5.92. The smallest absolute Gasteiger partial charge is 0.337 e. The van der Waals surface area contributed by atoms with E-state index in [1.807, 2.05) is 0 Å². The molecule has 0 saturated heterocycles. The van der Waals surface area contributed by atoms with Gasteiger partial charge in [0, 0.05) is 12.5 Å². The van der Waals surface area contributed by atoms with Crippen LogP contribution in [0.3, 0.4) is 0 Å². The van der Waals surface area contributed by atoms with Gasteiger partial charge in [-0.05, 0) is 25.1 Å². The molecule has 6 heteroatoms. The van der Waals surface area contributed by atoms with E-state index in [2.05, 4.69) is 10.1 Å². The minimum absolute atomic E-state index is 0.169. The zero-order chi connectivity index (χ0) is 13.7. The Kier molecular flexibility index (Phi) is 4.53. The van der Waals surface area contributed by atoms with Gasteiger partial charge in [0.05, 0.1) is 24.0 Å². The highest BCUT2D eigenvalue weighted by Gasteiger charge is 2.11. The Balaban J connectivity index is 2.87. The molecular formula is C12H17N3O3. The lowest BCUT2D eigenvalue weighted by molar-refractivity contribution is -0.118. The second-order valence-corrected chi connectivity index (χ2v) is 4.01. The topological polar surface area (TPSA) is 107 Å². The third-order valence-electron chi connectivity index (χ3n) is 2.38. The third-order valence-corrected chi connectivity index (χ3v) is 2.38. The van der Waals surface area contributed by atoms with E-state index in [1.54, 1.807) is 25.1 Å². The quantitative estimate of drug-likeness (QED) is 0.528. The summed E-state index contributed by atoms with van der Waals surface area (Å²) in [6, 6.07) is 4.59. The van der Waals surface area contributed by atoms with Crippen molar-refractivity contribution in [3.8, 4) is 0 Å². The first-order chi connectivity index (χ1) is 8.43. The number of nitrogens with one attached hydrogen (secondary N) is 1. The molecule has 98 valence electrons. The third kappa shape index (κ3) is 3.65. The van der Waals surface area contributed by atoms with Gasteiger partial charge < -0.3 is 21.5 Å². The number of methoxy groups -OCH3 is 1. The Morgan fingerprint density at radius 3 is 2.67 bits per heavy atom. The van der Waals surface area contributed by atoms with Crippen molar-refractivity contribution in [1.29, 1.82) is 0 Å². The van der Waals surface area contributed by atoms with Crippen LogP contribution < -0.4 is 16.8 Å². The molecular weight excluding hydrogens is 234 g/mol. The molecule has 0 spiro atoms. The number of amides is 1. The van der Waals surface area contributed by atoms with Gasteiger partial charge in [-0.15, -0.1) is 0 Å². The van der Waals surface area contributed by atoms with E-state index >= 15 is 0 Å². The maximum atomic E-state index is 11.4. The Hall–Kier alpha value is -2.24. The summed E-state index contributed by atoms with van der Waals surface area (Å²) in [6.45, 7) is 1.80. The van der Waals surface area contributed by atoms with E-state index in [0.29, 0.717) is 16.9 Å². The molecule has 0 aromatic heterocycles. The van der Waals surface area contributed by atoms with Crippen LogP contribution in [0.1, 0.15) is 23.7 Å². The van der Waals surface area contributed by atoms with Crippen molar-refractivity contribution in [2.24, 2.45) is 5.73 Å². The lowest BCUT2D eigenvalue weighted by atomic mass is 10.1. The fourth-order valence-corrected chi connectivity index (χ4v) is 1.54. The number of esters is 1. The molecule has 1 amide bonds. The van der Waals surface area contributed by atoms with Gasteiger partial charge in [0.1, 0.15) is 0 Å². The summed E-state index contributed by atoms with van der Waals surface area (Å²) in [5.74, 6) is -0.849. The number of ether oxygens (including phenoxy) is 1. The van der Waals surface area contributed by atoms with Crippen LogP contribution in [-0.2, 0) is 9.53 Å². The van der Waals surface area contributed by atoms with Crippen molar-refractivity contribution in [2.75, 3.05) is 18.2 Å². The average Bonchev–Trinajstić information content (AvgIpc) is 2.30. The second-order valence-electron chi connectivity index (χ2n) is 4.01. The van der Waals surface area contributed by atoms with Crippen molar-refractivity contribution in [1.82, 2.24) is 0 Å². The normalized spacial score (nSPS) is 11.7. The molecule has 5 N–H and O–H groups in total. The van der Waals surface area contributed by atoms with Gasteiger partial charge in [-0.1, -0.05) is 0 Å². The zero-order valence-electron chi connectivity index (χ0n) is 10.4. The van der Waals surface area contributed by atoms with Gasteiger partial charge in [-0.2, -0.15) is 0 Å². The largest absolute Gasteiger partial charge is 0.465 e. The fraction of sp³-hybridized carbons (Fsp3) is 0.333. The van der Waals surface area contributed by atoms with E-state index in [-0.39, 0.29) is 12.5 Å². The van der Waals surface area contributed by atoms with Crippen LogP contribution in [0.15, 0.2) is 18.2 Å². The molecule has 0 heterocycles. The van der Waals surface area contributed by atoms with Crippen LogP contribution in [0.2, 0.25) is 0 Å². The van der Waals surface area contributed by atoms with Gasteiger partial charge in [-0.3, -0.25) is 4.79 Å². The highest BCUT2D eigenvalue weighted by Crippen LogP contribution is 2.21. The monoisotopic (exact) mass is 251 g/mol.